The molecule has 0 aromatic heterocycles. The second-order valence-electron chi connectivity index (χ2n) is 5.31. The van der Waals surface area contributed by atoms with Gasteiger partial charge in [-0.3, -0.25) is 9.59 Å². The van der Waals surface area contributed by atoms with Gasteiger partial charge in [0.05, 0.1) is 6.61 Å². The zero-order valence-electron chi connectivity index (χ0n) is 13.6. The van der Waals surface area contributed by atoms with Crippen LogP contribution < -0.4 is 0 Å². The largest absolute Gasteiger partial charge is 0.466 e. The quantitative estimate of drug-likeness (QED) is 0.291. The molecular formula is C17H30O4. The van der Waals surface area contributed by atoms with Crippen molar-refractivity contribution in [2.75, 3.05) is 6.61 Å². The summed E-state index contributed by atoms with van der Waals surface area (Å²) in [5.74, 6) is -0.378. The van der Waals surface area contributed by atoms with Crippen LogP contribution in [-0.2, 0) is 19.1 Å². The molecule has 0 radical (unpaired) electrons. The molecule has 0 aromatic rings. The molecule has 0 saturated heterocycles. The van der Waals surface area contributed by atoms with Crippen molar-refractivity contribution in [3.63, 3.8) is 0 Å². The van der Waals surface area contributed by atoms with Gasteiger partial charge in [-0.2, -0.15) is 0 Å². The van der Waals surface area contributed by atoms with Gasteiger partial charge in [0.15, 0.2) is 0 Å². The van der Waals surface area contributed by atoms with Gasteiger partial charge in [0.25, 0.3) is 0 Å². The number of hydrogen-bond acceptors (Lipinski definition) is 4. The highest BCUT2D eigenvalue weighted by molar-refractivity contribution is 5.70. The molecule has 0 N–H and O–H groups in total. The third-order valence-corrected chi connectivity index (χ3v) is 3.10. The first-order valence-electron chi connectivity index (χ1n) is 8.06. The van der Waals surface area contributed by atoms with E-state index in [-0.39, 0.29) is 18.0 Å². The molecule has 0 aromatic carbocycles. The van der Waals surface area contributed by atoms with Gasteiger partial charge in [-0.1, -0.05) is 32.3 Å². The van der Waals surface area contributed by atoms with Crippen LogP contribution in [0, 0.1) is 0 Å². The third-order valence-electron chi connectivity index (χ3n) is 3.10. The summed E-state index contributed by atoms with van der Waals surface area (Å²) in [4.78, 5) is 22.9. The van der Waals surface area contributed by atoms with Crippen molar-refractivity contribution >= 4 is 11.9 Å². The first-order valence-corrected chi connectivity index (χ1v) is 8.06. The van der Waals surface area contributed by atoms with Gasteiger partial charge in [0.2, 0.25) is 0 Å². The van der Waals surface area contributed by atoms with E-state index in [1.807, 2.05) is 6.92 Å². The number of rotatable bonds is 13. The lowest BCUT2D eigenvalue weighted by molar-refractivity contribution is -0.149. The number of esters is 2. The highest BCUT2D eigenvalue weighted by atomic mass is 16.5. The molecule has 4 nitrogen and oxygen atoms in total. The summed E-state index contributed by atoms with van der Waals surface area (Å²) in [7, 11) is 0. The lowest BCUT2D eigenvalue weighted by Gasteiger charge is -2.10. The van der Waals surface area contributed by atoms with E-state index in [1.54, 1.807) is 6.08 Å². The predicted octanol–water partition coefficient (Wildman–Crippen LogP) is 4.18. The maximum Gasteiger partial charge on any atom is 0.306 e. The van der Waals surface area contributed by atoms with Crippen LogP contribution in [0.3, 0.4) is 0 Å². The molecule has 0 amide bonds. The van der Waals surface area contributed by atoms with E-state index >= 15 is 0 Å². The van der Waals surface area contributed by atoms with Crippen molar-refractivity contribution < 1.29 is 19.1 Å². The molecule has 1 atom stereocenters. The normalized spacial score (nSPS) is 11.7. The Bertz CT molecular complexity index is 299. The number of hydrogen-bond donors (Lipinski definition) is 0. The molecule has 122 valence electrons. The summed E-state index contributed by atoms with van der Waals surface area (Å²) in [6.45, 7) is 8.11. The van der Waals surface area contributed by atoms with Crippen molar-refractivity contribution in [1.82, 2.24) is 0 Å². The zero-order valence-corrected chi connectivity index (χ0v) is 13.6. The van der Waals surface area contributed by atoms with Crippen LogP contribution in [0.2, 0.25) is 0 Å². The molecule has 4 heteroatoms. The molecule has 0 bridgehead atoms. The fourth-order valence-electron chi connectivity index (χ4n) is 1.89. The Labute approximate surface area is 128 Å². The second kappa shape index (κ2) is 13.7. The van der Waals surface area contributed by atoms with Gasteiger partial charge >= 0.3 is 11.9 Å². The first-order chi connectivity index (χ1) is 10.1. The van der Waals surface area contributed by atoms with Crippen LogP contribution in [-0.4, -0.2) is 24.6 Å². The second-order valence-corrected chi connectivity index (χ2v) is 5.31. The molecule has 21 heavy (non-hydrogen) atoms. The topological polar surface area (TPSA) is 52.6 Å². The lowest BCUT2D eigenvalue weighted by Crippen LogP contribution is -2.14. The Balaban J connectivity index is 3.46. The van der Waals surface area contributed by atoms with E-state index in [9.17, 15) is 9.59 Å². The molecule has 1 unspecified atom stereocenters. The maximum absolute atomic E-state index is 11.5. The highest BCUT2D eigenvalue weighted by Gasteiger charge is 2.09. The van der Waals surface area contributed by atoms with E-state index in [1.165, 1.54) is 12.8 Å². The van der Waals surface area contributed by atoms with Crippen molar-refractivity contribution in [1.29, 1.82) is 0 Å². The molecule has 0 aliphatic carbocycles. The minimum atomic E-state index is -0.211. The number of carbonyl (C=O) groups excluding carboxylic acids is 2. The Hall–Kier alpha value is -1.32. The van der Waals surface area contributed by atoms with Crippen LogP contribution in [0.4, 0.5) is 0 Å². The molecule has 0 saturated carbocycles. The smallest absolute Gasteiger partial charge is 0.306 e. The molecular weight excluding hydrogens is 268 g/mol. The number of carbonyl (C=O) groups is 2. The monoisotopic (exact) mass is 298 g/mol. The van der Waals surface area contributed by atoms with Crippen molar-refractivity contribution in [3.8, 4) is 0 Å². The fraction of sp³-hybridized carbons (Fsp3) is 0.765. The lowest BCUT2D eigenvalue weighted by atomic mass is 10.2. The van der Waals surface area contributed by atoms with Crippen LogP contribution >= 0.6 is 0 Å². The van der Waals surface area contributed by atoms with Gasteiger partial charge in [-0.15, -0.1) is 6.58 Å². The minimum Gasteiger partial charge on any atom is -0.466 e. The summed E-state index contributed by atoms with van der Waals surface area (Å²) in [5.41, 5.74) is 0. The zero-order chi connectivity index (χ0) is 15.9. The Morgan fingerprint density at radius 2 is 1.71 bits per heavy atom. The molecule has 0 spiro atoms. The third kappa shape index (κ3) is 13.4. The van der Waals surface area contributed by atoms with Crippen LogP contribution in [0.5, 0.6) is 0 Å². The predicted molar refractivity (Wildman–Crippen MR) is 83.9 cm³/mol. The number of unbranched alkanes of at least 4 members (excludes halogenated alkanes) is 4. The van der Waals surface area contributed by atoms with Gasteiger partial charge in [-0.05, 0) is 26.2 Å². The summed E-state index contributed by atoms with van der Waals surface area (Å²) in [6.07, 6.45) is 8.73. The SMILES string of the molecule is C=CCC(C)OC(=O)CCCCC(=O)OCCCCCC. The van der Waals surface area contributed by atoms with E-state index in [2.05, 4.69) is 13.5 Å². The van der Waals surface area contributed by atoms with Crippen LogP contribution in [0.15, 0.2) is 12.7 Å². The van der Waals surface area contributed by atoms with Crippen LogP contribution in [0.1, 0.15) is 71.6 Å². The number of ether oxygens (including phenoxy) is 2. The van der Waals surface area contributed by atoms with Crippen molar-refractivity contribution in [2.24, 2.45) is 0 Å². The molecule has 0 fully saturated rings. The van der Waals surface area contributed by atoms with Gasteiger partial charge < -0.3 is 9.47 Å². The van der Waals surface area contributed by atoms with Crippen molar-refractivity contribution in [3.05, 3.63) is 12.7 Å². The van der Waals surface area contributed by atoms with Gasteiger partial charge in [0, 0.05) is 19.3 Å². The standard InChI is InChI=1S/C17H30O4/c1-4-6-7-10-14-20-16(18)12-8-9-13-17(19)21-15(3)11-5-2/h5,15H,2,4,6-14H2,1,3H3. The Morgan fingerprint density at radius 1 is 1.05 bits per heavy atom. The highest BCUT2D eigenvalue weighted by Crippen LogP contribution is 2.06. The summed E-state index contributed by atoms with van der Waals surface area (Å²) < 4.78 is 10.3. The summed E-state index contributed by atoms with van der Waals surface area (Å²) in [6, 6.07) is 0. The van der Waals surface area contributed by atoms with E-state index in [4.69, 9.17) is 9.47 Å². The fourth-order valence-corrected chi connectivity index (χ4v) is 1.89. The Kier molecular flexibility index (Phi) is 12.8. The van der Waals surface area contributed by atoms with Crippen LogP contribution in [0.25, 0.3) is 0 Å². The average molecular weight is 298 g/mol. The average Bonchev–Trinajstić information content (AvgIpc) is 2.43. The first kappa shape index (κ1) is 19.7. The van der Waals surface area contributed by atoms with E-state index in [0.717, 1.165) is 12.8 Å². The van der Waals surface area contributed by atoms with E-state index in [0.29, 0.717) is 38.7 Å². The van der Waals surface area contributed by atoms with Crippen molar-refractivity contribution in [2.45, 2.75) is 77.7 Å². The molecule has 0 rings (SSSR count). The molecule has 0 heterocycles. The van der Waals surface area contributed by atoms with E-state index < -0.39 is 0 Å². The summed E-state index contributed by atoms with van der Waals surface area (Å²) in [5, 5.41) is 0. The maximum atomic E-state index is 11.5. The summed E-state index contributed by atoms with van der Waals surface area (Å²) >= 11 is 0. The van der Waals surface area contributed by atoms with Gasteiger partial charge in [-0.25, -0.2) is 0 Å². The molecule has 0 aliphatic rings. The molecule has 0 aliphatic heterocycles. The van der Waals surface area contributed by atoms with Gasteiger partial charge in [0.1, 0.15) is 6.10 Å². The Morgan fingerprint density at radius 3 is 2.33 bits per heavy atom. The minimum absolute atomic E-state index is 0.122.